The Morgan fingerprint density at radius 2 is 2.31 bits per heavy atom. The molecule has 3 nitrogen and oxygen atoms in total. The summed E-state index contributed by atoms with van der Waals surface area (Å²) in [6, 6.07) is 0. The second kappa shape index (κ2) is 4.93. The highest BCUT2D eigenvalue weighted by molar-refractivity contribution is 9.11. The van der Waals surface area contributed by atoms with Crippen LogP contribution in [0.2, 0.25) is 5.15 Å². The van der Waals surface area contributed by atoms with Crippen molar-refractivity contribution in [1.82, 2.24) is 9.97 Å². The molecule has 0 aromatic carbocycles. The summed E-state index contributed by atoms with van der Waals surface area (Å²) in [5.41, 5.74) is 0. The fourth-order valence-corrected chi connectivity index (χ4v) is 1.27. The summed E-state index contributed by atoms with van der Waals surface area (Å²) >= 11 is 12.2. The van der Waals surface area contributed by atoms with E-state index in [1.165, 1.54) is 6.33 Å². The van der Waals surface area contributed by atoms with Crippen LogP contribution in [0.5, 0.6) is 0 Å². The zero-order valence-corrected chi connectivity index (χ0v) is 10.4. The summed E-state index contributed by atoms with van der Waals surface area (Å²) < 4.78 is 1.50. The molecule has 0 unspecified atom stereocenters. The van der Waals surface area contributed by atoms with E-state index < -0.39 is 0 Å². The third-order valence-corrected chi connectivity index (χ3v) is 2.74. The Morgan fingerprint density at radius 1 is 1.62 bits per heavy atom. The number of rotatable bonds is 3. The molecule has 0 atom stereocenters. The lowest BCUT2D eigenvalue weighted by atomic mass is 10.5. The molecule has 70 valence electrons. The molecule has 1 aromatic heterocycles. The molecule has 0 bridgehead atoms. The van der Waals surface area contributed by atoms with E-state index in [9.17, 15) is 0 Å². The molecule has 1 rings (SSSR count). The molecule has 1 aromatic rings. The quantitative estimate of drug-likeness (QED) is 0.866. The van der Waals surface area contributed by atoms with Crippen LogP contribution in [0.4, 0.5) is 5.82 Å². The molecule has 0 aliphatic rings. The average Bonchev–Trinajstić information content (AvgIpc) is 2.07. The van der Waals surface area contributed by atoms with Crippen LogP contribution in [0.25, 0.3) is 0 Å². The van der Waals surface area contributed by atoms with Gasteiger partial charge in [0.2, 0.25) is 0 Å². The minimum atomic E-state index is 0.387. The Bertz CT molecular complexity index is 330. The lowest BCUT2D eigenvalue weighted by Crippen LogP contribution is -2.03. The minimum Gasteiger partial charge on any atom is -0.364 e. The maximum absolute atomic E-state index is 5.76. The molecule has 0 aliphatic carbocycles. The molecule has 0 aliphatic heterocycles. The third-order valence-electron chi connectivity index (χ3n) is 1.19. The molecule has 1 N–H and O–H groups in total. The number of nitrogens with zero attached hydrogens (tertiary/aromatic N) is 2. The minimum absolute atomic E-state index is 0.387. The predicted molar refractivity (Wildman–Crippen MR) is 61.3 cm³/mol. The van der Waals surface area contributed by atoms with E-state index in [-0.39, 0.29) is 0 Å². The van der Waals surface area contributed by atoms with Crippen LogP contribution in [-0.4, -0.2) is 16.5 Å². The smallest absolute Gasteiger partial charge is 0.148 e. The van der Waals surface area contributed by atoms with Crippen molar-refractivity contribution in [3.63, 3.8) is 0 Å². The van der Waals surface area contributed by atoms with Gasteiger partial charge in [-0.15, -0.1) is 0 Å². The van der Waals surface area contributed by atoms with E-state index in [0.29, 0.717) is 22.0 Å². The van der Waals surface area contributed by atoms with Crippen molar-refractivity contribution in [3.05, 3.63) is 27.0 Å². The van der Waals surface area contributed by atoms with E-state index in [2.05, 4.69) is 53.7 Å². The Balaban J connectivity index is 2.77. The van der Waals surface area contributed by atoms with Crippen LogP contribution >= 0.6 is 43.5 Å². The fourth-order valence-electron chi connectivity index (χ4n) is 0.651. The monoisotopic (exact) mass is 325 g/mol. The first-order valence-corrected chi connectivity index (χ1v) is 5.31. The van der Waals surface area contributed by atoms with Crippen LogP contribution in [0.3, 0.4) is 0 Å². The number of aromatic nitrogens is 2. The van der Waals surface area contributed by atoms with Gasteiger partial charge >= 0.3 is 0 Å². The molecule has 0 saturated carbocycles. The van der Waals surface area contributed by atoms with Gasteiger partial charge in [-0.2, -0.15) is 0 Å². The van der Waals surface area contributed by atoms with Crippen molar-refractivity contribution in [2.24, 2.45) is 0 Å². The van der Waals surface area contributed by atoms with Gasteiger partial charge in [-0.3, -0.25) is 0 Å². The Kier molecular flexibility index (Phi) is 4.15. The Hall–Kier alpha value is -0.130. The molecule has 13 heavy (non-hydrogen) atoms. The van der Waals surface area contributed by atoms with Gasteiger partial charge in [-0.1, -0.05) is 34.1 Å². The van der Waals surface area contributed by atoms with Crippen molar-refractivity contribution in [3.8, 4) is 0 Å². The van der Waals surface area contributed by atoms with Gasteiger partial charge in [0.05, 0.1) is 4.47 Å². The van der Waals surface area contributed by atoms with E-state index in [1.807, 2.05) is 0 Å². The van der Waals surface area contributed by atoms with E-state index in [0.717, 1.165) is 4.48 Å². The first-order chi connectivity index (χ1) is 6.11. The van der Waals surface area contributed by atoms with Crippen molar-refractivity contribution in [2.75, 3.05) is 11.9 Å². The van der Waals surface area contributed by atoms with E-state index in [1.54, 1.807) is 0 Å². The maximum Gasteiger partial charge on any atom is 0.148 e. The van der Waals surface area contributed by atoms with Crippen LogP contribution in [0, 0.1) is 0 Å². The molecular weight excluding hydrogens is 321 g/mol. The summed E-state index contributed by atoms with van der Waals surface area (Å²) in [7, 11) is 0. The highest BCUT2D eigenvalue weighted by Gasteiger charge is 2.05. The molecule has 0 saturated heterocycles. The normalized spacial score (nSPS) is 9.77. The molecule has 0 spiro atoms. The van der Waals surface area contributed by atoms with Crippen LogP contribution in [0.1, 0.15) is 0 Å². The van der Waals surface area contributed by atoms with Crippen molar-refractivity contribution in [2.45, 2.75) is 0 Å². The number of hydrogen-bond donors (Lipinski definition) is 1. The number of hydrogen-bond acceptors (Lipinski definition) is 3. The summed E-state index contributed by atoms with van der Waals surface area (Å²) in [4.78, 5) is 7.80. The lowest BCUT2D eigenvalue weighted by Gasteiger charge is -2.06. The van der Waals surface area contributed by atoms with Gasteiger partial charge < -0.3 is 5.32 Å². The van der Waals surface area contributed by atoms with Gasteiger partial charge in [0.1, 0.15) is 17.3 Å². The second-order valence-electron chi connectivity index (χ2n) is 2.20. The highest BCUT2D eigenvalue weighted by Crippen LogP contribution is 2.26. The molecule has 0 amide bonds. The van der Waals surface area contributed by atoms with Crippen molar-refractivity contribution < 1.29 is 0 Å². The first kappa shape index (κ1) is 10.9. The fraction of sp³-hybridized carbons (Fsp3) is 0.143. The summed E-state index contributed by atoms with van der Waals surface area (Å²) in [6.45, 7) is 4.27. The molecule has 0 radical (unpaired) electrons. The van der Waals surface area contributed by atoms with Gasteiger partial charge in [0, 0.05) is 11.0 Å². The SMILES string of the molecule is C=C(Br)CNc1ncnc(Cl)c1Br. The van der Waals surface area contributed by atoms with Gasteiger partial charge in [-0.05, 0) is 15.9 Å². The lowest BCUT2D eigenvalue weighted by molar-refractivity contribution is 1.12. The van der Waals surface area contributed by atoms with Crippen LogP contribution in [0.15, 0.2) is 21.9 Å². The van der Waals surface area contributed by atoms with Crippen LogP contribution < -0.4 is 5.32 Å². The highest BCUT2D eigenvalue weighted by atomic mass is 79.9. The zero-order chi connectivity index (χ0) is 9.84. The standard InChI is InChI=1S/C7H6Br2ClN3/c1-4(8)2-11-7-5(9)6(10)12-3-13-7/h3H,1-2H2,(H,11,12,13). The predicted octanol–water partition coefficient (Wildman–Crippen LogP) is 3.21. The van der Waals surface area contributed by atoms with Crippen LogP contribution in [-0.2, 0) is 0 Å². The van der Waals surface area contributed by atoms with Crippen molar-refractivity contribution >= 4 is 49.3 Å². The number of nitrogens with one attached hydrogen (secondary N) is 1. The van der Waals surface area contributed by atoms with E-state index >= 15 is 0 Å². The van der Waals surface area contributed by atoms with Crippen molar-refractivity contribution in [1.29, 1.82) is 0 Å². The van der Waals surface area contributed by atoms with Gasteiger partial charge in [0.15, 0.2) is 0 Å². The third kappa shape index (κ3) is 3.25. The summed E-state index contributed by atoms with van der Waals surface area (Å²) in [6.07, 6.45) is 1.40. The average molecular weight is 327 g/mol. The van der Waals surface area contributed by atoms with Gasteiger partial charge in [-0.25, -0.2) is 9.97 Å². The first-order valence-electron chi connectivity index (χ1n) is 3.34. The largest absolute Gasteiger partial charge is 0.364 e. The van der Waals surface area contributed by atoms with Gasteiger partial charge in [0.25, 0.3) is 0 Å². The van der Waals surface area contributed by atoms with E-state index in [4.69, 9.17) is 11.6 Å². The zero-order valence-electron chi connectivity index (χ0n) is 6.52. The topological polar surface area (TPSA) is 37.8 Å². The Morgan fingerprint density at radius 3 is 2.92 bits per heavy atom. The second-order valence-corrected chi connectivity index (χ2v) is 4.47. The Labute approximate surface area is 97.9 Å². The molecule has 0 fully saturated rings. The molecule has 1 heterocycles. The number of anilines is 1. The maximum atomic E-state index is 5.76. The summed E-state index contributed by atoms with van der Waals surface area (Å²) in [5, 5.41) is 3.41. The molecule has 6 heteroatoms. The number of halogens is 3. The summed E-state index contributed by atoms with van der Waals surface area (Å²) in [5.74, 6) is 0.653. The molecular formula is C7H6Br2ClN3.